The van der Waals surface area contributed by atoms with Crippen molar-refractivity contribution in [1.29, 1.82) is 0 Å². The van der Waals surface area contributed by atoms with Crippen LogP contribution in [0.2, 0.25) is 0 Å². The lowest BCUT2D eigenvalue weighted by Gasteiger charge is -2.17. The Morgan fingerprint density at radius 2 is 2.14 bits per heavy atom. The second-order valence-electron chi connectivity index (χ2n) is 3.67. The summed E-state index contributed by atoms with van der Waals surface area (Å²) in [6.45, 7) is 4.77. The summed E-state index contributed by atoms with van der Waals surface area (Å²) in [5, 5.41) is 11.1. The first-order valence-corrected chi connectivity index (χ1v) is 4.74. The van der Waals surface area contributed by atoms with Crippen molar-refractivity contribution in [3.05, 3.63) is 0 Å². The number of amides is 1. The van der Waals surface area contributed by atoms with Gasteiger partial charge in [-0.15, -0.1) is 0 Å². The third-order valence-corrected chi connectivity index (χ3v) is 1.57. The van der Waals surface area contributed by atoms with Gasteiger partial charge < -0.3 is 20.9 Å². The minimum atomic E-state index is -0.827. The molecule has 0 aliphatic rings. The number of rotatable bonds is 7. The molecule has 5 heteroatoms. The molecule has 0 atom stereocenters. The Morgan fingerprint density at radius 1 is 1.50 bits per heavy atom. The first-order valence-electron chi connectivity index (χ1n) is 4.74. The molecule has 0 spiro atoms. The number of carbonyl (C=O) groups is 1. The molecule has 0 aromatic rings. The lowest BCUT2D eigenvalue weighted by Crippen LogP contribution is -2.49. The van der Waals surface area contributed by atoms with Gasteiger partial charge in [-0.05, 0) is 20.3 Å². The zero-order valence-corrected chi connectivity index (χ0v) is 8.88. The van der Waals surface area contributed by atoms with Crippen molar-refractivity contribution in [2.24, 2.45) is 5.73 Å². The van der Waals surface area contributed by atoms with Crippen LogP contribution >= 0.6 is 0 Å². The van der Waals surface area contributed by atoms with Gasteiger partial charge in [-0.25, -0.2) is 0 Å². The van der Waals surface area contributed by atoms with Crippen molar-refractivity contribution >= 4 is 5.91 Å². The van der Waals surface area contributed by atoms with Crippen LogP contribution in [0.4, 0.5) is 0 Å². The fourth-order valence-corrected chi connectivity index (χ4v) is 0.771. The van der Waals surface area contributed by atoms with Crippen LogP contribution in [-0.2, 0) is 9.53 Å². The fourth-order valence-electron chi connectivity index (χ4n) is 0.771. The van der Waals surface area contributed by atoms with E-state index in [0.717, 1.165) is 6.42 Å². The van der Waals surface area contributed by atoms with Crippen molar-refractivity contribution in [2.75, 3.05) is 26.4 Å². The van der Waals surface area contributed by atoms with E-state index in [-0.39, 0.29) is 12.5 Å². The van der Waals surface area contributed by atoms with Crippen LogP contribution in [0.1, 0.15) is 20.3 Å². The van der Waals surface area contributed by atoms with Crippen molar-refractivity contribution in [1.82, 2.24) is 5.32 Å². The van der Waals surface area contributed by atoms with E-state index in [4.69, 9.17) is 15.6 Å². The number of carbonyl (C=O) groups excluding carboxylic acids is 1. The molecule has 84 valence electrons. The van der Waals surface area contributed by atoms with Gasteiger partial charge in [-0.2, -0.15) is 0 Å². The molecule has 0 rings (SSSR count). The van der Waals surface area contributed by atoms with E-state index in [1.54, 1.807) is 13.8 Å². The van der Waals surface area contributed by atoms with Crippen LogP contribution in [0.3, 0.4) is 0 Å². The number of ether oxygens (including phenoxy) is 1. The number of hydrogen-bond acceptors (Lipinski definition) is 4. The van der Waals surface area contributed by atoms with E-state index in [1.165, 1.54) is 0 Å². The number of hydrogen-bond donors (Lipinski definition) is 3. The molecule has 0 heterocycles. The number of aliphatic hydroxyl groups excluding tert-OH is 1. The quantitative estimate of drug-likeness (QED) is 0.476. The third kappa shape index (κ3) is 6.82. The predicted molar refractivity (Wildman–Crippen MR) is 53.8 cm³/mol. The average Bonchev–Trinajstić information content (AvgIpc) is 2.09. The number of nitrogens with two attached hydrogens (primary N) is 1. The van der Waals surface area contributed by atoms with Crippen molar-refractivity contribution < 1.29 is 14.6 Å². The average molecular weight is 204 g/mol. The topological polar surface area (TPSA) is 84.6 Å². The summed E-state index contributed by atoms with van der Waals surface area (Å²) in [6, 6.07) is 0. The molecule has 0 aromatic heterocycles. The van der Waals surface area contributed by atoms with Gasteiger partial charge in [0.15, 0.2) is 0 Å². The molecule has 0 aliphatic heterocycles. The monoisotopic (exact) mass is 204 g/mol. The summed E-state index contributed by atoms with van der Waals surface area (Å²) in [4.78, 5) is 11.2. The van der Waals surface area contributed by atoms with Crippen molar-refractivity contribution in [2.45, 2.75) is 25.8 Å². The van der Waals surface area contributed by atoms with Crippen LogP contribution < -0.4 is 11.1 Å². The van der Waals surface area contributed by atoms with E-state index in [0.29, 0.717) is 19.8 Å². The highest BCUT2D eigenvalue weighted by Crippen LogP contribution is 1.95. The maximum Gasteiger partial charge on any atom is 0.239 e. The van der Waals surface area contributed by atoms with Gasteiger partial charge in [0.05, 0.1) is 18.8 Å². The molecule has 0 fully saturated rings. The molecule has 0 saturated carbocycles. The summed E-state index contributed by atoms with van der Waals surface area (Å²) in [5.74, 6) is -0.167. The Labute approximate surface area is 84.6 Å². The van der Waals surface area contributed by atoms with E-state index in [1.807, 2.05) is 0 Å². The van der Waals surface area contributed by atoms with Gasteiger partial charge in [-0.1, -0.05) is 0 Å². The molecule has 0 saturated heterocycles. The van der Waals surface area contributed by atoms with Crippen LogP contribution in [0.25, 0.3) is 0 Å². The highest BCUT2D eigenvalue weighted by Gasteiger charge is 2.20. The summed E-state index contributed by atoms with van der Waals surface area (Å²) in [6.07, 6.45) is 0.724. The summed E-state index contributed by atoms with van der Waals surface area (Å²) in [7, 11) is 0. The molecule has 0 aromatic carbocycles. The summed E-state index contributed by atoms with van der Waals surface area (Å²) < 4.78 is 5.02. The zero-order valence-electron chi connectivity index (χ0n) is 8.88. The molecular formula is C9H20N2O3. The number of aliphatic hydroxyl groups is 1. The Morgan fingerprint density at radius 3 is 2.64 bits per heavy atom. The molecule has 4 N–H and O–H groups in total. The second kappa shape index (κ2) is 6.75. The maximum absolute atomic E-state index is 11.2. The van der Waals surface area contributed by atoms with Crippen molar-refractivity contribution in [3.63, 3.8) is 0 Å². The van der Waals surface area contributed by atoms with Crippen LogP contribution in [0, 0.1) is 0 Å². The summed E-state index contributed by atoms with van der Waals surface area (Å²) in [5.41, 5.74) is 4.74. The van der Waals surface area contributed by atoms with E-state index in [9.17, 15) is 4.79 Å². The lowest BCUT2D eigenvalue weighted by molar-refractivity contribution is -0.125. The Bertz CT molecular complexity index is 166. The van der Waals surface area contributed by atoms with E-state index < -0.39 is 5.54 Å². The van der Waals surface area contributed by atoms with Crippen LogP contribution in [-0.4, -0.2) is 42.9 Å². The Kier molecular flexibility index (Phi) is 6.44. The highest BCUT2D eigenvalue weighted by atomic mass is 16.5. The van der Waals surface area contributed by atoms with Gasteiger partial charge in [-0.3, -0.25) is 4.79 Å². The minimum absolute atomic E-state index is 0.0300. The predicted octanol–water partition coefficient (Wildman–Crippen LogP) is -0.761. The Hall–Kier alpha value is -0.650. The standard InChI is InChI=1S/C9H20N2O3/c1-9(2,10)8(13)11-4-3-6-14-7-5-12/h12H,3-7,10H2,1-2H3,(H,11,13). The first kappa shape index (κ1) is 13.4. The molecule has 1 amide bonds. The lowest BCUT2D eigenvalue weighted by atomic mass is 10.1. The fraction of sp³-hybridized carbons (Fsp3) is 0.889. The van der Waals surface area contributed by atoms with Gasteiger partial charge in [0, 0.05) is 13.2 Å². The third-order valence-electron chi connectivity index (χ3n) is 1.57. The van der Waals surface area contributed by atoms with Crippen molar-refractivity contribution in [3.8, 4) is 0 Å². The first-order chi connectivity index (χ1) is 6.48. The smallest absolute Gasteiger partial charge is 0.239 e. The van der Waals surface area contributed by atoms with Gasteiger partial charge >= 0.3 is 0 Å². The molecule has 14 heavy (non-hydrogen) atoms. The Balaban J connectivity index is 3.33. The van der Waals surface area contributed by atoms with Crippen LogP contribution in [0.15, 0.2) is 0 Å². The second-order valence-corrected chi connectivity index (χ2v) is 3.67. The number of nitrogens with one attached hydrogen (secondary N) is 1. The molecule has 0 aliphatic carbocycles. The maximum atomic E-state index is 11.2. The molecule has 0 radical (unpaired) electrons. The van der Waals surface area contributed by atoms with Gasteiger partial charge in [0.1, 0.15) is 0 Å². The minimum Gasteiger partial charge on any atom is -0.394 e. The van der Waals surface area contributed by atoms with Gasteiger partial charge in [0.25, 0.3) is 0 Å². The molecule has 5 nitrogen and oxygen atoms in total. The highest BCUT2D eigenvalue weighted by molar-refractivity contribution is 5.84. The van der Waals surface area contributed by atoms with Crippen LogP contribution in [0.5, 0.6) is 0 Å². The van der Waals surface area contributed by atoms with Gasteiger partial charge in [0.2, 0.25) is 5.91 Å². The normalized spacial score (nSPS) is 11.4. The van der Waals surface area contributed by atoms with E-state index >= 15 is 0 Å². The zero-order chi connectivity index (χ0) is 11.0. The molecule has 0 bridgehead atoms. The molecular weight excluding hydrogens is 184 g/mol. The SMILES string of the molecule is CC(C)(N)C(=O)NCCCOCCO. The largest absolute Gasteiger partial charge is 0.394 e. The molecule has 0 unspecified atom stereocenters. The van der Waals surface area contributed by atoms with E-state index in [2.05, 4.69) is 5.32 Å². The summed E-state index contributed by atoms with van der Waals surface area (Å²) >= 11 is 0.